The summed E-state index contributed by atoms with van der Waals surface area (Å²) in [5, 5.41) is 0. The molecule has 140 valence electrons. The number of imidazole rings is 1. The standard InChI is InChI=1S/C22H26N4O/c1-2-20-24-19-8-7-13-23-22(19)26(20)18-11-9-17(10-12-18)16-21(27)25-14-5-3-4-6-15-25/h7-13H,2-6,14-16H2,1H3. The summed E-state index contributed by atoms with van der Waals surface area (Å²) in [5.74, 6) is 1.24. The molecule has 0 atom stereocenters. The predicted molar refractivity (Wildman–Crippen MR) is 107 cm³/mol. The number of fused-ring (bicyclic) bond motifs is 1. The number of nitrogens with zero attached hydrogens (tertiary/aromatic N) is 4. The topological polar surface area (TPSA) is 51.0 Å². The molecule has 0 N–H and O–H groups in total. The first-order valence-corrected chi connectivity index (χ1v) is 9.95. The van der Waals surface area contributed by atoms with Crippen LogP contribution in [0.3, 0.4) is 0 Å². The van der Waals surface area contributed by atoms with E-state index in [-0.39, 0.29) is 5.91 Å². The minimum atomic E-state index is 0.244. The van der Waals surface area contributed by atoms with Crippen molar-refractivity contribution in [2.45, 2.75) is 45.4 Å². The summed E-state index contributed by atoms with van der Waals surface area (Å²) in [6, 6.07) is 12.2. The van der Waals surface area contributed by atoms with Crippen LogP contribution in [0.15, 0.2) is 42.6 Å². The first kappa shape index (κ1) is 17.7. The van der Waals surface area contributed by atoms with Gasteiger partial charge in [0.15, 0.2) is 5.65 Å². The van der Waals surface area contributed by atoms with E-state index < -0.39 is 0 Å². The van der Waals surface area contributed by atoms with Gasteiger partial charge in [0.05, 0.1) is 6.42 Å². The Bertz CT molecular complexity index is 921. The molecule has 3 aromatic rings. The van der Waals surface area contributed by atoms with Gasteiger partial charge >= 0.3 is 0 Å². The van der Waals surface area contributed by atoms with Gasteiger partial charge in [-0.05, 0) is 42.7 Å². The molecule has 1 fully saturated rings. The molecule has 0 bridgehead atoms. The third-order valence-corrected chi connectivity index (χ3v) is 5.31. The van der Waals surface area contributed by atoms with Crippen LogP contribution in [0.1, 0.15) is 44.0 Å². The molecule has 1 aliphatic rings. The van der Waals surface area contributed by atoms with Crippen LogP contribution in [0.4, 0.5) is 0 Å². The maximum Gasteiger partial charge on any atom is 0.226 e. The number of carbonyl (C=O) groups excluding carboxylic acids is 1. The fourth-order valence-electron chi connectivity index (χ4n) is 3.84. The van der Waals surface area contributed by atoms with Crippen molar-refractivity contribution in [1.82, 2.24) is 19.4 Å². The third-order valence-electron chi connectivity index (χ3n) is 5.31. The van der Waals surface area contributed by atoms with Crippen molar-refractivity contribution in [3.8, 4) is 5.69 Å². The summed E-state index contributed by atoms with van der Waals surface area (Å²) < 4.78 is 2.11. The predicted octanol–water partition coefficient (Wildman–Crippen LogP) is 3.93. The molecule has 5 heteroatoms. The summed E-state index contributed by atoms with van der Waals surface area (Å²) in [7, 11) is 0. The number of pyridine rings is 1. The highest BCUT2D eigenvalue weighted by atomic mass is 16.2. The lowest BCUT2D eigenvalue weighted by Gasteiger charge is -2.20. The Morgan fingerprint density at radius 2 is 1.78 bits per heavy atom. The van der Waals surface area contributed by atoms with E-state index >= 15 is 0 Å². The fraction of sp³-hybridized carbons (Fsp3) is 0.409. The summed E-state index contributed by atoms with van der Waals surface area (Å²) in [6.45, 7) is 3.92. The first-order valence-electron chi connectivity index (χ1n) is 9.95. The molecular weight excluding hydrogens is 336 g/mol. The smallest absolute Gasteiger partial charge is 0.226 e. The summed E-state index contributed by atoms with van der Waals surface area (Å²) >= 11 is 0. The van der Waals surface area contributed by atoms with Crippen LogP contribution in [-0.2, 0) is 17.6 Å². The van der Waals surface area contributed by atoms with E-state index in [1.165, 1.54) is 12.8 Å². The molecule has 0 unspecified atom stereocenters. The molecule has 0 spiro atoms. The maximum absolute atomic E-state index is 12.6. The van der Waals surface area contributed by atoms with Crippen LogP contribution in [0.2, 0.25) is 0 Å². The molecule has 1 amide bonds. The van der Waals surface area contributed by atoms with Crippen molar-refractivity contribution in [2.24, 2.45) is 0 Å². The number of hydrogen-bond acceptors (Lipinski definition) is 3. The van der Waals surface area contributed by atoms with Gasteiger partial charge in [-0.2, -0.15) is 0 Å². The van der Waals surface area contributed by atoms with Crippen molar-refractivity contribution in [1.29, 1.82) is 0 Å². The number of amides is 1. The van der Waals surface area contributed by atoms with E-state index in [1.807, 2.05) is 17.0 Å². The number of rotatable bonds is 4. The van der Waals surface area contributed by atoms with Gasteiger partial charge in [0, 0.05) is 31.4 Å². The Morgan fingerprint density at radius 3 is 2.48 bits per heavy atom. The molecule has 0 saturated carbocycles. The molecule has 3 heterocycles. The van der Waals surface area contributed by atoms with Crippen molar-refractivity contribution in [3.05, 3.63) is 54.0 Å². The SMILES string of the molecule is CCc1nc2cccnc2n1-c1ccc(CC(=O)N2CCCCCC2)cc1. The fourth-order valence-corrected chi connectivity index (χ4v) is 3.84. The average Bonchev–Trinajstić information content (AvgIpc) is 2.87. The Kier molecular flexibility index (Phi) is 5.19. The number of carbonyl (C=O) groups is 1. The summed E-state index contributed by atoms with van der Waals surface area (Å²) in [6.07, 6.45) is 7.86. The molecule has 5 nitrogen and oxygen atoms in total. The van der Waals surface area contributed by atoms with Crippen LogP contribution in [0.25, 0.3) is 16.9 Å². The van der Waals surface area contributed by atoms with Gasteiger partial charge < -0.3 is 4.90 Å². The Hall–Kier alpha value is -2.69. The van der Waals surface area contributed by atoms with Gasteiger partial charge in [-0.15, -0.1) is 0 Å². The zero-order valence-electron chi connectivity index (χ0n) is 15.9. The maximum atomic E-state index is 12.6. The first-order chi connectivity index (χ1) is 13.3. The number of aryl methyl sites for hydroxylation is 1. The minimum Gasteiger partial charge on any atom is -0.342 e. The van der Waals surface area contributed by atoms with E-state index in [0.29, 0.717) is 6.42 Å². The highest BCUT2D eigenvalue weighted by Gasteiger charge is 2.16. The van der Waals surface area contributed by atoms with Gasteiger partial charge in [0.2, 0.25) is 5.91 Å². The van der Waals surface area contributed by atoms with E-state index in [0.717, 1.165) is 60.6 Å². The van der Waals surface area contributed by atoms with Gasteiger partial charge in [0.25, 0.3) is 0 Å². The zero-order chi connectivity index (χ0) is 18.6. The van der Waals surface area contributed by atoms with Crippen molar-refractivity contribution in [3.63, 3.8) is 0 Å². The lowest BCUT2D eigenvalue weighted by atomic mass is 10.1. The van der Waals surface area contributed by atoms with Gasteiger partial charge in [-0.1, -0.05) is 31.9 Å². The molecule has 4 rings (SSSR count). The Morgan fingerprint density at radius 1 is 1.04 bits per heavy atom. The normalized spacial score (nSPS) is 15.1. The lowest BCUT2D eigenvalue weighted by molar-refractivity contribution is -0.130. The summed E-state index contributed by atoms with van der Waals surface area (Å²) in [5.41, 5.74) is 3.89. The van der Waals surface area contributed by atoms with Crippen LogP contribution in [0.5, 0.6) is 0 Å². The van der Waals surface area contributed by atoms with E-state index in [2.05, 4.69) is 45.7 Å². The lowest BCUT2D eigenvalue weighted by Crippen LogP contribution is -2.33. The quantitative estimate of drug-likeness (QED) is 0.707. The van der Waals surface area contributed by atoms with E-state index in [1.54, 1.807) is 6.20 Å². The Balaban J connectivity index is 1.55. The highest BCUT2D eigenvalue weighted by molar-refractivity contribution is 5.79. The molecule has 27 heavy (non-hydrogen) atoms. The number of aromatic nitrogens is 3. The number of benzene rings is 1. The van der Waals surface area contributed by atoms with Gasteiger partial charge in [-0.3, -0.25) is 9.36 Å². The van der Waals surface area contributed by atoms with E-state index in [4.69, 9.17) is 0 Å². The van der Waals surface area contributed by atoms with Gasteiger partial charge in [0.1, 0.15) is 11.3 Å². The Labute approximate surface area is 160 Å². The van der Waals surface area contributed by atoms with Crippen molar-refractivity contribution in [2.75, 3.05) is 13.1 Å². The highest BCUT2D eigenvalue weighted by Crippen LogP contribution is 2.21. The largest absolute Gasteiger partial charge is 0.342 e. The molecular formula is C22H26N4O. The third kappa shape index (κ3) is 3.72. The van der Waals surface area contributed by atoms with Gasteiger partial charge in [-0.25, -0.2) is 9.97 Å². The second-order valence-corrected chi connectivity index (χ2v) is 7.20. The second kappa shape index (κ2) is 7.91. The average molecular weight is 362 g/mol. The van der Waals surface area contributed by atoms with E-state index in [9.17, 15) is 4.79 Å². The van der Waals surface area contributed by atoms with Crippen LogP contribution in [0, 0.1) is 0 Å². The number of hydrogen-bond donors (Lipinski definition) is 0. The molecule has 1 aliphatic heterocycles. The molecule has 2 aromatic heterocycles. The van der Waals surface area contributed by atoms with Crippen LogP contribution in [-0.4, -0.2) is 38.4 Å². The van der Waals surface area contributed by atoms with Crippen LogP contribution >= 0.6 is 0 Å². The monoisotopic (exact) mass is 362 g/mol. The van der Waals surface area contributed by atoms with Crippen LogP contribution < -0.4 is 0 Å². The molecule has 1 saturated heterocycles. The molecule has 1 aromatic carbocycles. The molecule has 0 radical (unpaired) electrons. The number of likely N-dealkylation sites (tertiary alicyclic amines) is 1. The molecule has 0 aliphatic carbocycles. The van der Waals surface area contributed by atoms with Crippen molar-refractivity contribution < 1.29 is 4.79 Å². The zero-order valence-corrected chi connectivity index (χ0v) is 15.9. The summed E-state index contributed by atoms with van der Waals surface area (Å²) in [4.78, 5) is 23.8. The van der Waals surface area contributed by atoms with Crippen molar-refractivity contribution >= 4 is 17.1 Å². The second-order valence-electron chi connectivity index (χ2n) is 7.20. The minimum absolute atomic E-state index is 0.244.